The SMILES string of the molecule is CCCCCCC(C)NC(=O)Nc1ccc(C#N)cc1. The maximum atomic E-state index is 11.8. The van der Waals surface area contributed by atoms with E-state index in [4.69, 9.17) is 5.26 Å². The zero-order valence-corrected chi connectivity index (χ0v) is 12.3. The molecule has 4 nitrogen and oxygen atoms in total. The Bertz CT molecular complexity index is 448. The Kier molecular flexibility index (Phi) is 7.20. The lowest BCUT2D eigenvalue weighted by atomic mass is 10.1. The fourth-order valence-corrected chi connectivity index (χ4v) is 1.97. The summed E-state index contributed by atoms with van der Waals surface area (Å²) in [6.07, 6.45) is 5.85. The highest BCUT2D eigenvalue weighted by Gasteiger charge is 2.07. The highest BCUT2D eigenvalue weighted by atomic mass is 16.2. The third-order valence-electron chi connectivity index (χ3n) is 3.14. The predicted molar refractivity (Wildman–Crippen MR) is 81.5 cm³/mol. The molecule has 1 aromatic carbocycles. The zero-order chi connectivity index (χ0) is 14.8. The van der Waals surface area contributed by atoms with E-state index in [-0.39, 0.29) is 12.1 Å². The molecular weight excluding hydrogens is 250 g/mol. The first kappa shape index (κ1) is 16.0. The van der Waals surface area contributed by atoms with Crippen molar-refractivity contribution >= 4 is 11.7 Å². The minimum absolute atomic E-state index is 0.172. The Morgan fingerprint density at radius 1 is 1.25 bits per heavy atom. The van der Waals surface area contributed by atoms with E-state index in [2.05, 4.69) is 17.6 Å². The molecule has 4 heteroatoms. The standard InChI is InChI=1S/C16H23N3O/c1-3-4-5-6-7-13(2)18-16(20)19-15-10-8-14(12-17)9-11-15/h8-11,13H,3-7H2,1-2H3,(H2,18,19,20). The van der Waals surface area contributed by atoms with Crippen molar-refractivity contribution in [2.75, 3.05) is 5.32 Å². The molecule has 20 heavy (non-hydrogen) atoms. The second-order valence-electron chi connectivity index (χ2n) is 5.04. The van der Waals surface area contributed by atoms with Crippen molar-refractivity contribution in [2.24, 2.45) is 0 Å². The van der Waals surface area contributed by atoms with E-state index in [9.17, 15) is 4.79 Å². The summed E-state index contributed by atoms with van der Waals surface area (Å²) in [6.45, 7) is 4.21. The van der Waals surface area contributed by atoms with Crippen LogP contribution in [0.25, 0.3) is 0 Å². The molecule has 0 saturated carbocycles. The Hall–Kier alpha value is -2.02. The Labute approximate surface area is 121 Å². The number of unbranched alkanes of at least 4 members (excludes halogenated alkanes) is 3. The number of benzene rings is 1. The fraction of sp³-hybridized carbons (Fsp3) is 0.500. The van der Waals surface area contributed by atoms with Crippen molar-refractivity contribution in [3.63, 3.8) is 0 Å². The van der Waals surface area contributed by atoms with Crippen molar-refractivity contribution in [1.29, 1.82) is 5.26 Å². The van der Waals surface area contributed by atoms with Gasteiger partial charge in [-0.1, -0.05) is 32.6 Å². The van der Waals surface area contributed by atoms with Crippen molar-refractivity contribution in [3.05, 3.63) is 29.8 Å². The first-order chi connectivity index (χ1) is 9.65. The molecule has 1 atom stereocenters. The molecule has 0 radical (unpaired) electrons. The topological polar surface area (TPSA) is 64.9 Å². The fourth-order valence-electron chi connectivity index (χ4n) is 1.97. The molecular formula is C16H23N3O. The average Bonchev–Trinajstić information content (AvgIpc) is 2.44. The molecule has 0 bridgehead atoms. The quantitative estimate of drug-likeness (QED) is 0.736. The molecule has 0 heterocycles. The van der Waals surface area contributed by atoms with Crippen LogP contribution in [0.2, 0.25) is 0 Å². The molecule has 108 valence electrons. The molecule has 1 rings (SSSR count). The predicted octanol–water partition coefficient (Wildman–Crippen LogP) is 4.04. The van der Waals surface area contributed by atoms with Crippen molar-refractivity contribution in [1.82, 2.24) is 5.32 Å². The molecule has 0 aliphatic carbocycles. The van der Waals surface area contributed by atoms with Gasteiger partial charge in [0.05, 0.1) is 11.6 Å². The summed E-state index contributed by atoms with van der Waals surface area (Å²) < 4.78 is 0. The summed E-state index contributed by atoms with van der Waals surface area (Å²) in [4.78, 5) is 11.8. The number of urea groups is 1. The molecule has 0 aromatic heterocycles. The molecule has 2 N–H and O–H groups in total. The number of carbonyl (C=O) groups excluding carboxylic acids is 1. The third kappa shape index (κ3) is 6.24. The van der Waals surface area contributed by atoms with Crippen LogP contribution in [0.4, 0.5) is 10.5 Å². The van der Waals surface area contributed by atoms with Gasteiger partial charge in [0.2, 0.25) is 0 Å². The molecule has 2 amide bonds. The van der Waals surface area contributed by atoms with Crippen LogP contribution in [0.5, 0.6) is 0 Å². The van der Waals surface area contributed by atoms with Gasteiger partial charge in [0, 0.05) is 11.7 Å². The molecule has 0 fully saturated rings. The summed E-state index contributed by atoms with van der Waals surface area (Å²) in [5, 5.41) is 14.4. The number of nitriles is 1. The number of amides is 2. The second kappa shape index (κ2) is 8.98. The van der Waals surface area contributed by atoms with Gasteiger partial charge in [0.1, 0.15) is 0 Å². The van der Waals surface area contributed by atoms with E-state index in [0.29, 0.717) is 11.3 Å². The van der Waals surface area contributed by atoms with Crippen LogP contribution < -0.4 is 10.6 Å². The highest BCUT2D eigenvalue weighted by molar-refractivity contribution is 5.89. The summed E-state index contributed by atoms with van der Waals surface area (Å²) in [6, 6.07) is 8.84. The number of rotatable bonds is 7. The first-order valence-corrected chi connectivity index (χ1v) is 7.23. The van der Waals surface area contributed by atoms with Gasteiger partial charge in [0.25, 0.3) is 0 Å². The Balaban J connectivity index is 2.29. The van der Waals surface area contributed by atoms with E-state index in [0.717, 1.165) is 12.8 Å². The van der Waals surface area contributed by atoms with Gasteiger partial charge in [-0.3, -0.25) is 0 Å². The minimum Gasteiger partial charge on any atom is -0.335 e. The average molecular weight is 273 g/mol. The number of nitrogens with one attached hydrogen (secondary N) is 2. The van der Waals surface area contributed by atoms with E-state index < -0.39 is 0 Å². The van der Waals surface area contributed by atoms with Crippen molar-refractivity contribution in [3.8, 4) is 6.07 Å². The first-order valence-electron chi connectivity index (χ1n) is 7.23. The Morgan fingerprint density at radius 2 is 1.95 bits per heavy atom. The van der Waals surface area contributed by atoms with Gasteiger partial charge in [-0.15, -0.1) is 0 Å². The normalized spacial score (nSPS) is 11.4. The second-order valence-corrected chi connectivity index (χ2v) is 5.04. The van der Waals surface area contributed by atoms with Crippen LogP contribution in [0.1, 0.15) is 51.5 Å². The van der Waals surface area contributed by atoms with E-state index >= 15 is 0 Å². The third-order valence-corrected chi connectivity index (χ3v) is 3.14. The van der Waals surface area contributed by atoms with E-state index in [1.807, 2.05) is 13.0 Å². The van der Waals surface area contributed by atoms with Gasteiger partial charge in [0.15, 0.2) is 0 Å². The summed E-state index contributed by atoms with van der Waals surface area (Å²) in [5.74, 6) is 0. The van der Waals surface area contributed by atoms with E-state index in [1.165, 1.54) is 19.3 Å². The van der Waals surface area contributed by atoms with Crippen molar-refractivity contribution < 1.29 is 4.79 Å². The van der Waals surface area contributed by atoms with Gasteiger partial charge in [-0.25, -0.2) is 4.79 Å². The minimum atomic E-state index is -0.197. The van der Waals surface area contributed by atoms with Crippen LogP contribution in [-0.4, -0.2) is 12.1 Å². The molecule has 0 spiro atoms. The van der Waals surface area contributed by atoms with Gasteiger partial charge in [-0.05, 0) is 37.6 Å². The number of hydrogen-bond donors (Lipinski definition) is 2. The van der Waals surface area contributed by atoms with Gasteiger partial charge in [-0.2, -0.15) is 5.26 Å². The lowest BCUT2D eigenvalue weighted by Gasteiger charge is -2.14. The van der Waals surface area contributed by atoms with E-state index in [1.54, 1.807) is 24.3 Å². The summed E-state index contributed by atoms with van der Waals surface area (Å²) in [5.41, 5.74) is 1.28. The number of anilines is 1. The van der Waals surface area contributed by atoms with Crippen LogP contribution >= 0.6 is 0 Å². The highest BCUT2D eigenvalue weighted by Crippen LogP contribution is 2.09. The smallest absolute Gasteiger partial charge is 0.319 e. The zero-order valence-electron chi connectivity index (χ0n) is 12.3. The lowest BCUT2D eigenvalue weighted by molar-refractivity contribution is 0.248. The number of hydrogen-bond acceptors (Lipinski definition) is 2. The molecule has 1 unspecified atom stereocenters. The molecule has 0 saturated heterocycles. The summed E-state index contributed by atoms with van der Waals surface area (Å²) in [7, 11) is 0. The summed E-state index contributed by atoms with van der Waals surface area (Å²) >= 11 is 0. The van der Waals surface area contributed by atoms with Crippen LogP contribution in [0.15, 0.2) is 24.3 Å². The largest absolute Gasteiger partial charge is 0.335 e. The Morgan fingerprint density at radius 3 is 2.55 bits per heavy atom. The molecule has 0 aliphatic heterocycles. The van der Waals surface area contributed by atoms with Crippen LogP contribution in [-0.2, 0) is 0 Å². The van der Waals surface area contributed by atoms with Crippen molar-refractivity contribution in [2.45, 2.75) is 52.0 Å². The van der Waals surface area contributed by atoms with Crippen LogP contribution in [0.3, 0.4) is 0 Å². The van der Waals surface area contributed by atoms with Gasteiger partial charge >= 0.3 is 6.03 Å². The molecule has 0 aliphatic rings. The lowest BCUT2D eigenvalue weighted by Crippen LogP contribution is -2.36. The maximum Gasteiger partial charge on any atom is 0.319 e. The van der Waals surface area contributed by atoms with Crippen LogP contribution in [0, 0.1) is 11.3 Å². The number of nitrogens with zero attached hydrogens (tertiary/aromatic N) is 1. The monoisotopic (exact) mass is 273 g/mol. The number of carbonyl (C=O) groups is 1. The van der Waals surface area contributed by atoms with Gasteiger partial charge < -0.3 is 10.6 Å². The molecule has 1 aromatic rings. The maximum absolute atomic E-state index is 11.8.